The Morgan fingerprint density at radius 3 is 2.43 bits per heavy atom. The molecule has 0 radical (unpaired) electrons. The molecule has 0 bridgehead atoms. The number of alkyl carbamates (subject to hydrolysis) is 1. The molecule has 0 saturated heterocycles. The lowest BCUT2D eigenvalue weighted by Crippen LogP contribution is -2.43. The summed E-state index contributed by atoms with van der Waals surface area (Å²) in [6.07, 6.45) is 0.758. The van der Waals surface area contributed by atoms with Gasteiger partial charge in [-0.1, -0.05) is 44.2 Å². The number of carbonyl (C=O) groups excluding carboxylic acids is 1. The van der Waals surface area contributed by atoms with E-state index in [2.05, 4.69) is 5.32 Å². The lowest BCUT2D eigenvalue weighted by atomic mass is 9.95. The minimum Gasteiger partial charge on any atom is -0.443 e. The van der Waals surface area contributed by atoms with Crippen LogP contribution in [0.2, 0.25) is 0 Å². The van der Waals surface area contributed by atoms with Crippen LogP contribution < -0.4 is 5.32 Å². The summed E-state index contributed by atoms with van der Waals surface area (Å²) >= 11 is 0. The molecule has 118 valence electrons. The molecule has 0 heterocycles. The lowest BCUT2D eigenvalue weighted by molar-refractivity contribution is 0.00328. The molecule has 1 amide bonds. The van der Waals surface area contributed by atoms with Gasteiger partial charge in [-0.25, -0.2) is 4.79 Å². The third-order valence-electron chi connectivity index (χ3n) is 3.87. The summed E-state index contributed by atoms with van der Waals surface area (Å²) in [5, 5.41) is 12.0. The summed E-state index contributed by atoms with van der Waals surface area (Å²) in [6.45, 7) is 7.86. The fraction of sp³-hybridized carbons (Fsp3) is 0.588. The lowest BCUT2D eigenvalue weighted by Gasteiger charge is -2.30. The van der Waals surface area contributed by atoms with Gasteiger partial charge in [-0.05, 0) is 38.2 Å². The smallest absolute Gasteiger partial charge is 0.407 e. The third kappa shape index (κ3) is 6.17. The third-order valence-corrected chi connectivity index (χ3v) is 3.87. The highest BCUT2D eigenvalue weighted by Crippen LogP contribution is 2.20. The Kier molecular flexibility index (Phi) is 6.69. The highest BCUT2D eigenvalue weighted by Gasteiger charge is 2.27. The van der Waals surface area contributed by atoms with Crippen molar-refractivity contribution in [1.82, 2.24) is 5.32 Å². The second-order valence-electron chi connectivity index (χ2n) is 6.19. The molecule has 0 unspecified atom stereocenters. The van der Waals surface area contributed by atoms with Crippen molar-refractivity contribution in [2.75, 3.05) is 6.61 Å². The quantitative estimate of drug-likeness (QED) is 0.812. The molecule has 4 nitrogen and oxygen atoms in total. The summed E-state index contributed by atoms with van der Waals surface area (Å²) in [4.78, 5) is 12.0. The van der Waals surface area contributed by atoms with Gasteiger partial charge in [0.05, 0.1) is 0 Å². The van der Waals surface area contributed by atoms with Gasteiger partial charge in [-0.2, -0.15) is 0 Å². The van der Waals surface area contributed by atoms with Crippen molar-refractivity contribution in [3.05, 3.63) is 35.9 Å². The monoisotopic (exact) mass is 293 g/mol. The van der Waals surface area contributed by atoms with Crippen LogP contribution in [0.4, 0.5) is 4.79 Å². The van der Waals surface area contributed by atoms with E-state index in [1.807, 2.05) is 58.0 Å². The number of ether oxygens (including phenoxy) is 1. The molecule has 0 saturated carbocycles. The highest BCUT2D eigenvalue weighted by molar-refractivity contribution is 5.68. The molecule has 0 aliphatic carbocycles. The largest absolute Gasteiger partial charge is 0.443 e. The summed E-state index contributed by atoms with van der Waals surface area (Å²) in [6, 6.07) is 9.77. The fourth-order valence-electron chi connectivity index (χ4n) is 1.83. The van der Waals surface area contributed by atoms with E-state index in [0.717, 1.165) is 5.56 Å². The number of nitrogens with one attached hydrogen (secondary N) is 1. The Morgan fingerprint density at radius 1 is 1.29 bits per heavy atom. The van der Waals surface area contributed by atoms with Crippen molar-refractivity contribution in [3.63, 3.8) is 0 Å². The first kappa shape index (κ1) is 17.5. The molecule has 1 aromatic carbocycles. The number of benzene rings is 1. The predicted molar refractivity (Wildman–Crippen MR) is 84.2 cm³/mol. The Balaban J connectivity index is 2.60. The van der Waals surface area contributed by atoms with Crippen molar-refractivity contribution in [1.29, 1.82) is 0 Å². The van der Waals surface area contributed by atoms with Gasteiger partial charge in [0.1, 0.15) is 5.60 Å². The van der Waals surface area contributed by atoms with Crippen molar-refractivity contribution in [2.24, 2.45) is 5.92 Å². The number of hydrogen-bond acceptors (Lipinski definition) is 3. The first-order chi connectivity index (χ1) is 9.85. The summed E-state index contributed by atoms with van der Waals surface area (Å²) in [5.41, 5.74) is 0.611. The van der Waals surface area contributed by atoms with E-state index in [0.29, 0.717) is 12.8 Å². The molecule has 1 rings (SSSR count). The molecule has 0 aliphatic rings. The molecule has 0 spiro atoms. The molecule has 2 N–H and O–H groups in total. The standard InChI is InChI=1S/C17H27NO3/c1-13(2)17(3,4)21-16(20)18-15(10-11-19)12-14-8-6-5-7-9-14/h5-9,13,15,19H,10-12H2,1-4H3,(H,18,20)/t15-/m1/s1. The van der Waals surface area contributed by atoms with Gasteiger partial charge in [0.15, 0.2) is 0 Å². The van der Waals surface area contributed by atoms with E-state index in [1.165, 1.54) is 0 Å². The second kappa shape index (κ2) is 8.03. The van der Waals surface area contributed by atoms with Gasteiger partial charge < -0.3 is 15.2 Å². The minimum absolute atomic E-state index is 0.0331. The summed E-state index contributed by atoms with van der Waals surface area (Å²) < 4.78 is 5.48. The Morgan fingerprint density at radius 2 is 1.90 bits per heavy atom. The van der Waals surface area contributed by atoms with Crippen LogP contribution in [-0.4, -0.2) is 29.4 Å². The number of amides is 1. The van der Waals surface area contributed by atoms with Crippen molar-refractivity contribution in [2.45, 2.75) is 52.2 Å². The van der Waals surface area contributed by atoms with Crippen LogP contribution in [0.25, 0.3) is 0 Å². The SMILES string of the molecule is CC(C)C(C)(C)OC(=O)N[C@H](CCO)Cc1ccccc1. The molecule has 4 heteroatoms. The van der Waals surface area contributed by atoms with Crippen molar-refractivity contribution >= 4 is 6.09 Å². The van der Waals surface area contributed by atoms with Crippen molar-refractivity contribution in [3.8, 4) is 0 Å². The number of hydrogen-bond donors (Lipinski definition) is 2. The molecule has 0 fully saturated rings. The maximum absolute atomic E-state index is 12.0. The van der Waals surface area contributed by atoms with Gasteiger partial charge in [0, 0.05) is 12.6 Å². The van der Waals surface area contributed by atoms with E-state index in [1.54, 1.807) is 0 Å². The summed E-state index contributed by atoms with van der Waals surface area (Å²) in [5.74, 6) is 0.230. The summed E-state index contributed by atoms with van der Waals surface area (Å²) in [7, 11) is 0. The Labute approximate surface area is 127 Å². The zero-order valence-corrected chi connectivity index (χ0v) is 13.4. The van der Waals surface area contributed by atoms with Gasteiger partial charge >= 0.3 is 6.09 Å². The molecule has 1 atom stereocenters. The number of aliphatic hydroxyl groups excluding tert-OH is 1. The highest BCUT2D eigenvalue weighted by atomic mass is 16.6. The van der Waals surface area contributed by atoms with Crippen LogP contribution in [0.15, 0.2) is 30.3 Å². The molecule has 0 aromatic heterocycles. The van der Waals surface area contributed by atoms with Gasteiger partial charge in [-0.15, -0.1) is 0 Å². The van der Waals surface area contributed by atoms with Crippen LogP contribution >= 0.6 is 0 Å². The van der Waals surface area contributed by atoms with Gasteiger partial charge in [0.25, 0.3) is 0 Å². The maximum Gasteiger partial charge on any atom is 0.407 e. The average Bonchev–Trinajstić information content (AvgIpc) is 2.39. The van der Waals surface area contributed by atoms with Crippen LogP contribution in [-0.2, 0) is 11.2 Å². The molecule has 1 aromatic rings. The Hall–Kier alpha value is -1.55. The van der Waals surface area contributed by atoms with Gasteiger partial charge in [0.2, 0.25) is 0 Å². The zero-order chi connectivity index (χ0) is 15.9. The normalized spacial score (nSPS) is 13.0. The van der Waals surface area contributed by atoms with Crippen molar-refractivity contribution < 1.29 is 14.6 Å². The number of aliphatic hydroxyl groups is 1. The van der Waals surface area contributed by atoms with Crippen LogP contribution in [0.5, 0.6) is 0 Å². The van der Waals surface area contributed by atoms with E-state index in [9.17, 15) is 4.79 Å². The fourth-order valence-corrected chi connectivity index (χ4v) is 1.83. The van der Waals surface area contributed by atoms with Gasteiger partial charge in [-0.3, -0.25) is 0 Å². The minimum atomic E-state index is -0.513. The second-order valence-corrected chi connectivity index (χ2v) is 6.19. The Bertz CT molecular complexity index is 429. The van der Waals surface area contributed by atoms with Crippen LogP contribution in [0, 0.1) is 5.92 Å². The zero-order valence-electron chi connectivity index (χ0n) is 13.4. The molecular weight excluding hydrogens is 266 g/mol. The number of carbonyl (C=O) groups is 1. The van der Waals surface area contributed by atoms with E-state index in [4.69, 9.17) is 9.84 Å². The topological polar surface area (TPSA) is 58.6 Å². The first-order valence-corrected chi connectivity index (χ1v) is 7.49. The number of rotatable bonds is 7. The molecule has 0 aliphatic heterocycles. The van der Waals surface area contributed by atoms with Crippen LogP contribution in [0.3, 0.4) is 0 Å². The molecule has 21 heavy (non-hydrogen) atoms. The maximum atomic E-state index is 12.0. The average molecular weight is 293 g/mol. The predicted octanol–water partition coefficient (Wildman–Crippen LogP) is 3.14. The first-order valence-electron chi connectivity index (χ1n) is 7.49. The van der Waals surface area contributed by atoms with E-state index < -0.39 is 11.7 Å². The van der Waals surface area contributed by atoms with E-state index in [-0.39, 0.29) is 18.6 Å². The molecular formula is C17H27NO3. The van der Waals surface area contributed by atoms with Crippen LogP contribution in [0.1, 0.15) is 39.7 Å². The van der Waals surface area contributed by atoms with E-state index >= 15 is 0 Å².